The summed E-state index contributed by atoms with van der Waals surface area (Å²) >= 11 is 5.29. The number of rotatable bonds is 4. The van der Waals surface area contributed by atoms with Crippen molar-refractivity contribution in [2.45, 2.75) is 12.8 Å². The van der Waals surface area contributed by atoms with E-state index in [0.29, 0.717) is 18.4 Å². The van der Waals surface area contributed by atoms with Gasteiger partial charge in [0.25, 0.3) is 5.24 Å². The van der Waals surface area contributed by atoms with Gasteiger partial charge in [-0.05, 0) is 35.7 Å². The maximum atomic E-state index is 10.9. The summed E-state index contributed by atoms with van der Waals surface area (Å²) in [5.74, 6) is -0.243. The van der Waals surface area contributed by atoms with Crippen LogP contribution in [0, 0.1) is 0 Å². The monoisotopic (exact) mass is 226 g/mol. The van der Waals surface area contributed by atoms with Crippen molar-refractivity contribution in [3.05, 3.63) is 35.4 Å². The van der Waals surface area contributed by atoms with E-state index in [9.17, 15) is 9.59 Å². The minimum absolute atomic E-state index is 0.243. The van der Waals surface area contributed by atoms with Gasteiger partial charge in [0.1, 0.15) is 0 Å². The molecule has 4 heteroatoms. The van der Waals surface area contributed by atoms with Crippen LogP contribution in [-0.4, -0.2) is 18.3 Å². The van der Waals surface area contributed by atoms with E-state index in [1.807, 2.05) is 0 Å². The number of aryl methyl sites for hydroxylation is 1. The van der Waals surface area contributed by atoms with Crippen molar-refractivity contribution in [2.24, 2.45) is 0 Å². The van der Waals surface area contributed by atoms with Crippen LogP contribution in [0.4, 0.5) is 0 Å². The molecule has 0 N–H and O–H groups in total. The van der Waals surface area contributed by atoms with Crippen molar-refractivity contribution in [3.63, 3.8) is 0 Å². The standard InChI is InChI=1S/C11H11ClO3/c1-15-10(13)7-4-8-2-5-9(6-3-8)11(12)14/h2-3,5-6H,4,7H2,1H3. The highest BCUT2D eigenvalue weighted by Crippen LogP contribution is 2.09. The van der Waals surface area contributed by atoms with Gasteiger partial charge in [-0.1, -0.05) is 12.1 Å². The Morgan fingerprint density at radius 1 is 1.27 bits per heavy atom. The van der Waals surface area contributed by atoms with Gasteiger partial charge in [0.2, 0.25) is 0 Å². The van der Waals surface area contributed by atoms with E-state index in [4.69, 9.17) is 11.6 Å². The average Bonchev–Trinajstić information content (AvgIpc) is 2.26. The topological polar surface area (TPSA) is 43.4 Å². The molecule has 15 heavy (non-hydrogen) atoms. The first-order valence-electron chi connectivity index (χ1n) is 4.49. The molecule has 0 radical (unpaired) electrons. The fourth-order valence-corrected chi connectivity index (χ4v) is 1.28. The lowest BCUT2D eigenvalue weighted by molar-refractivity contribution is -0.140. The summed E-state index contributed by atoms with van der Waals surface area (Å²) < 4.78 is 4.52. The fourth-order valence-electron chi connectivity index (χ4n) is 1.15. The highest BCUT2D eigenvalue weighted by molar-refractivity contribution is 6.67. The summed E-state index contributed by atoms with van der Waals surface area (Å²) in [4.78, 5) is 21.6. The van der Waals surface area contributed by atoms with Crippen LogP contribution in [0.3, 0.4) is 0 Å². The fraction of sp³-hybridized carbons (Fsp3) is 0.273. The maximum absolute atomic E-state index is 10.9. The molecule has 0 spiro atoms. The number of halogens is 1. The molecule has 0 aromatic heterocycles. The van der Waals surface area contributed by atoms with Gasteiger partial charge in [0.05, 0.1) is 7.11 Å². The van der Waals surface area contributed by atoms with Crippen molar-refractivity contribution in [2.75, 3.05) is 7.11 Å². The summed E-state index contributed by atoms with van der Waals surface area (Å²) in [5, 5.41) is -0.477. The number of benzene rings is 1. The third kappa shape index (κ3) is 3.72. The zero-order chi connectivity index (χ0) is 11.3. The third-order valence-electron chi connectivity index (χ3n) is 2.03. The number of hydrogen-bond acceptors (Lipinski definition) is 3. The molecule has 0 heterocycles. The average molecular weight is 227 g/mol. The van der Waals surface area contributed by atoms with Crippen LogP contribution in [0.15, 0.2) is 24.3 Å². The molecule has 0 aliphatic carbocycles. The zero-order valence-electron chi connectivity index (χ0n) is 8.33. The molecule has 0 saturated carbocycles. The summed E-state index contributed by atoms with van der Waals surface area (Å²) in [6.07, 6.45) is 0.939. The van der Waals surface area contributed by atoms with Crippen molar-refractivity contribution in [1.29, 1.82) is 0 Å². The maximum Gasteiger partial charge on any atom is 0.305 e. The van der Waals surface area contributed by atoms with Gasteiger partial charge in [-0.25, -0.2) is 0 Å². The predicted octanol–water partition coefficient (Wildman–Crippen LogP) is 2.17. The molecule has 80 valence electrons. The second kappa shape index (κ2) is 5.51. The molecule has 1 rings (SSSR count). The highest BCUT2D eigenvalue weighted by Gasteiger charge is 2.03. The van der Waals surface area contributed by atoms with Crippen molar-refractivity contribution < 1.29 is 14.3 Å². The number of hydrogen-bond donors (Lipinski definition) is 0. The van der Waals surface area contributed by atoms with Crippen molar-refractivity contribution in [3.8, 4) is 0 Å². The minimum atomic E-state index is -0.477. The summed E-state index contributed by atoms with van der Waals surface area (Å²) in [5.41, 5.74) is 1.43. The number of ether oxygens (including phenoxy) is 1. The number of esters is 1. The highest BCUT2D eigenvalue weighted by atomic mass is 35.5. The number of carbonyl (C=O) groups is 2. The molecule has 0 amide bonds. The van der Waals surface area contributed by atoms with Gasteiger partial charge in [-0.15, -0.1) is 0 Å². The normalized spacial score (nSPS) is 9.73. The van der Waals surface area contributed by atoms with E-state index in [0.717, 1.165) is 5.56 Å². The second-order valence-electron chi connectivity index (χ2n) is 3.05. The lowest BCUT2D eigenvalue weighted by Gasteiger charge is -2.01. The van der Waals surface area contributed by atoms with Crippen LogP contribution in [0.5, 0.6) is 0 Å². The smallest absolute Gasteiger partial charge is 0.305 e. The SMILES string of the molecule is COC(=O)CCc1ccc(C(=O)Cl)cc1. The van der Waals surface area contributed by atoms with Crippen LogP contribution >= 0.6 is 11.6 Å². The second-order valence-corrected chi connectivity index (χ2v) is 3.39. The summed E-state index contributed by atoms with van der Waals surface area (Å²) in [6.45, 7) is 0. The molecule has 3 nitrogen and oxygen atoms in total. The Morgan fingerprint density at radius 2 is 1.87 bits per heavy atom. The molecule has 1 aromatic rings. The molecular formula is C11H11ClO3. The van der Waals surface area contributed by atoms with Gasteiger partial charge in [0, 0.05) is 12.0 Å². The van der Waals surface area contributed by atoms with E-state index in [2.05, 4.69) is 4.74 Å². The van der Waals surface area contributed by atoms with Crippen LogP contribution in [-0.2, 0) is 16.0 Å². The molecule has 0 atom stereocenters. The molecule has 0 aliphatic heterocycles. The van der Waals surface area contributed by atoms with E-state index in [1.54, 1.807) is 24.3 Å². The quantitative estimate of drug-likeness (QED) is 0.584. The van der Waals surface area contributed by atoms with Gasteiger partial charge in [0.15, 0.2) is 0 Å². The summed E-state index contributed by atoms with van der Waals surface area (Å²) in [7, 11) is 1.36. The number of carbonyl (C=O) groups excluding carboxylic acids is 2. The Hall–Kier alpha value is -1.35. The van der Waals surface area contributed by atoms with Gasteiger partial charge < -0.3 is 4.74 Å². The van der Waals surface area contributed by atoms with E-state index >= 15 is 0 Å². The van der Waals surface area contributed by atoms with E-state index in [1.165, 1.54) is 7.11 Å². The van der Waals surface area contributed by atoms with Gasteiger partial charge in [-0.3, -0.25) is 9.59 Å². The summed E-state index contributed by atoms with van der Waals surface area (Å²) in [6, 6.07) is 6.83. The first-order chi connectivity index (χ1) is 7.13. The number of methoxy groups -OCH3 is 1. The first kappa shape index (κ1) is 11.7. The predicted molar refractivity (Wildman–Crippen MR) is 57.0 cm³/mol. The van der Waals surface area contributed by atoms with E-state index in [-0.39, 0.29) is 5.97 Å². The zero-order valence-corrected chi connectivity index (χ0v) is 9.08. The molecule has 0 fully saturated rings. The molecule has 0 bridgehead atoms. The third-order valence-corrected chi connectivity index (χ3v) is 2.24. The molecule has 0 aliphatic rings. The van der Waals surface area contributed by atoms with Crippen molar-refractivity contribution in [1.82, 2.24) is 0 Å². The van der Waals surface area contributed by atoms with Crippen LogP contribution < -0.4 is 0 Å². The Morgan fingerprint density at radius 3 is 2.33 bits per heavy atom. The molecule has 0 saturated heterocycles. The molecule has 0 unspecified atom stereocenters. The largest absolute Gasteiger partial charge is 0.469 e. The Labute approximate surface area is 93.0 Å². The van der Waals surface area contributed by atoms with E-state index < -0.39 is 5.24 Å². The van der Waals surface area contributed by atoms with Crippen molar-refractivity contribution >= 4 is 22.8 Å². The van der Waals surface area contributed by atoms with Gasteiger partial charge >= 0.3 is 5.97 Å². The first-order valence-corrected chi connectivity index (χ1v) is 4.87. The van der Waals surface area contributed by atoms with Crippen LogP contribution in [0.25, 0.3) is 0 Å². The lowest BCUT2D eigenvalue weighted by atomic mass is 10.1. The molecule has 1 aromatic carbocycles. The van der Waals surface area contributed by atoms with Crippen LogP contribution in [0.1, 0.15) is 22.3 Å². The Kier molecular flexibility index (Phi) is 4.31. The Bertz CT molecular complexity index is 357. The minimum Gasteiger partial charge on any atom is -0.469 e. The Balaban J connectivity index is 2.57. The lowest BCUT2D eigenvalue weighted by Crippen LogP contribution is -2.02. The van der Waals surface area contributed by atoms with Gasteiger partial charge in [-0.2, -0.15) is 0 Å². The van der Waals surface area contributed by atoms with Crippen LogP contribution in [0.2, 0.25) is 0 Å². The molecular weight excluding hydrogens is 216 g/mol.